The number of carbonyl (C=O) groups is 3. The molecule has 2 amide bonds. The first-order valence-electron chi connectivity index (χ1n) is 15.4. The monoisotopic (exact) mass is 640 g/mol. The molecule has 3 atom stereocenters. The highest BCUT2D eigenvalue weighted by atomic mass is 32.2. The number of esters is 1. The van der Waals surface area contributed by atoms with Crippen molar-refractivity contribution in [2.45, 2.75) is 93.7 Å². The SMILES string of the molecule is CCC(C)C(=O)OCCOCOCCSCC(C)NC(C)=O.CCO[Si](CCCNC(=O)C(C)CC)(OCC)OCC. The molecule has 0 heterocycles. The van der Waals surface area contributed by atoms with E-state index in [4.69, 9.17) is 27.5 Å². The molecule has 0 fully saturated rings. The van der Waals surface area contributed by atoms with E-state index in [0.29, 0.717) is 39.6 Å². The van der Waals surface area contributed by atoms with Crippen molar-refractivity contribution in [2.24, 2.45) is 11.8 Å². The third-order valence-corrected chi connectivity index (χ3v) is 10.3. The molecule has 42 heavy (non-hydrogen) atoms. The van der Waals surface area contributed by atoms with E-state index in [-0.39, 0.29) is 49.1 Å². The zero-order valence-electron chi connectivity index (χ0n) is 27.7. The van der Waals surface area contributed by atoms with Crippen molar-refractivity contribution >= 4 is 38.3 Å². The summed E-state index contributed by atoms with van der Waals surface area (Å²) in [6.07, 6.45) is 2.46. The predicted molar refractivity (Wildman–Crippen MR) is 170 cm³/mol. The summed E-state index contributed by atoms with van der Waals surface area (Å²) in [6, 6.07) is 0.905. The standard InChI is InChI=1S/C15H29NO5S.C14H31NO4Si/c1-5-12(2)15(18)21-7-6-19-11-20-8-9-22-10-13(3)16-14(4)17;1-6-13(5)14(16)15-11-10-12-20(17-7-2,18-8-3)19-9-4/h12-13H,5-11H2,1-4H3,(H,16,17);13H,6-12H2,1-5H3,(H,15,16). The molecule has 3 unspecified atom stereocenters. The van der Waals surface area contributed by atoms with Crippen molar-refractivity contribution in [3.63, 3.8) is 0 Å². The van der Waals surface area contributed by atoms with Crippen molar-refractivity contribution in [3.8, 4) is 0 Å². The molecular weight excluding hydrogens is 580 g/mol. The molecule has 0 aliphatic carbocycles. The Hall–Kier alpha value is -1.22. The molecule has 250 valence electrons. The van der Waals surface area contributed by atoms with Crippen LogP contribution in [0.5, 0.6) is 0 Å². The molecule has 0 aromatic heterocycles. The minimum absolute atomic E-state index is 0.00761. The average Bonchev–Trinajstić information content (AvgIpc) is 2.95. The maximum Gasteiger partial charge on any atom is 0.500 e. The average molecular weight is 641 g/mol. The second-order valence-electron chi connectivity index (χ2n) is 9.77. The molecule has 13 heteroatoms. The van der Waals surface area contributed by atoms with Gasteiger partial charge in [-0.2, -0.15) is 11.8 Å². The Kier molecular flexibility index (Phi) is 29.2. The van der Waals surface area contributed by atoms with Gasteiger partial charge in [0.15, 0.2) is 0 Å². The summed E-state index contributed by atoms with van der Waals surface area (Å²) in [6.45, 7) is 20.9. The first-order chi connectivity index (χ1) is 20.0. The molecule has 0 aliphatic rings. The Labute approximate surface area is 260 Å². The number of rotatable bonds is 25. The molecule has 0 spiro atoms. The number of hydrogen-bond donors (Lipinski definition) is 2. The van der Waals surface area contributed by atoms with Gasteiger partial charge in [0.25, 0.3) is 0 Å². The highest BCUT2D eigenvalue weighted by molar-refractivity contribution is 7.99. The van der Waals surface area contributed by atoms with Gasteiger partial charge < -0.3 is 38.1 Å². The lowest BCUT2D eigenvalue weighted by Gasteiger charge is -2.28. The normalized spacial score (nSPS) is 13.4. The summed E-state index contributed by atoms with van der Waals surface area (Å²) in [5.41, 5.74) is 0. The number of nitrogens with one attached hydrogen (secondary N) is 2. The van der Waals surface area contributed by atoms with Gasteiger partial charge in [0.05, 0.1) is 19.1 Å². The first kappa shape index (κ1) is 42.9. The minimum Gasteiger partial charge on any atom is -0.463 e. The van der Waals surface area contributed by atoms with Crippen LogP contribution in [0.15, 0.2) is 0 Å². The number of ether oxygens (including phenoxy) is 3. The van der Waals surface area contributed by atoms with Gasteiger partial charge in [-0.3, -0.25) is 14.4 Å². The Morgan fingerprint density at radius 3 is 1.90 bits per heavy atom. The number of amides is 2. The second-order valence-corrected chi connectivity index (χ2v) is 13.7. The molecule has 0 saturated heterocycles. The molecule has 0 aromatic rings. The largest absolute Gasteiger partial charge is 0.500 e. The van der Waals surface area contributed by atoms with E-state index in [2.05, 4.69) is 10.6 Å². The number of thioether (sulfide) groups is 1. The topological polar surface area (TPSA) is 131 Å². The van der Waals surface area contributed by atoms with E-state index in [1.54, 1.807) is 11.8 Å². The number of hydrogen-bond acceptors (Lipinski definition) is 10. The smallest absolute Gasteiger partial charge is 0.463 e. The van der Waals surface area contributed by atoms with E-state index in [1.807, 2.05) is 55.4 Å². The fourth-order valence-electron chi connectivity index (χ4n) is 3.33. The quantitative estimate of drug-likeness (QED) is 0.0640. The molecule has 0 radical (unpaired) electrons. The van der Waals surface area contributed by atoms with Crippen LogP contribution < -0.4 is 10.6 Å². The summed E-state index contributed by atoms with van der Waals surface area (Å²) >= 11 is 1.72. The van der Waals surface area contributed by atoms with E-state index >= 15 is 0 Å². The van der Waals surface area contributed by atoms with Gasteiger partial charge in [-0.1, -0.05) is 27.7 Å². The Morgan fingerprint density at radius 2 is 1.38 bits per heavy atom. The van der Waals surface area contributed by atoms with Gasteiger partial charge in [0.2, 0.25) is 11.8 Å². The van der Waals surface area contributed by atoms with Crippen LogP contribution in [0.1, 0.15) is 81.6 Å². The van der Waals surface area contributed by atoms with Crippen molar-refractivity contribution in [1.29, 1.82) is 0 Å². The van der Waals surface area contributed by atoms with Crippen molar-refractivity contribution in [1.82, 2.24) is 10.6 Å². The third-order valence-electron chi connectivity index (χ3n) is 5.95. The van der Waals surface area contributed by atoms with Crippen LogP contribution in [0, 0.1) is 11.8 Å². The highest BCUT2D eigenvalue weighted by Crippen LogP contribution is 2.18. The summed E-state index contributed by atoms with van der Waals surface area (Å²) in [5, 5.41) is 5.77. The third kappa shape index (κ3) is 24.2. The number of carbonyl (C=O) groups excluding carboxylic acids is 3. The van der Waals surface area contributed by atoms with E-state index in [9.17, 15) is 14.4 Å². The first-order valence-corrected chi connectivity index (χ1v) is 18.5. The van der Waals surface area contributed by atoms with Crippen LogP contribution in [-0.2, 0) is 41.9 Å². The lowest BCUT2D eigenvalue weighted by molar-refractivity contribution is -0.151. The highest BCUT2D eigenvalue weighted by Gasteiger charge is 2.39. The van der Waals surface area contributed by atoms with Gasteiger partial charge in [-0.15, -0.1) is 0 Å². The fraction of sp³-hybridized carbons (Fsp3) is 0.897. The Morgan fingerprint density at radius 1 is 0.810 bits per heavy atom. The van der Waals surface area contributed by atoms with Crippen molar-refractivity contribution in [3.05, 3.63) is 0 Å². The molecule has 0 saturated carbocycles. The van der Waals surface area contributed by atoms with Gasteiger partial charge in [-0.05, 0) is 47.0 Å². The van der Waals surface area contributed by atoms with E-state index < -0.39 is 8.80 Å². The molecule has 11 nitrogen and oxygen atoms in total. The van der Waals surface area contributed by atoms with Crippen molar-refractivity contribution < 1.29 is 41.9 Å². The summed E-state index contributed by atoms with van der Waals surface area (Å²) in [4.78, 5) is 33.9. The van der Waals surface area contributed by atoms with Gasteiger partial charge in [0, 0.05) is 62.8 Å². The fourth-order valence-corrected chi connectivity index (χ4v) is 6.78. The summed E-state index contributed by atoms with van der Waals surface area (Å²) in [7, 11) is -2.55. The summed E-state index contributed by atoms with van der Waals surface area (Å²) in [5.74, 6) is 1.63. The molecular formula is C29H60N2O9SSi. The van der Waals surface area contributed by atoms with Crippen LogP contribution in [0.3, 0.4) is 0 Å². The van der Waals surface area contributed by atoms with Crippen LogP contribution in [0.25, 0.3) is 0 Å². The van der Waals surface area contributed by atoms with Crippen LogP contribution in [0.4, 0.5) is 0 Å². The lowest BCUT2D eigenvalue weighted by Crippen LogP contribution is -2.46. The molecule has 0 aliphatic heterocycles. The zero-order chi connectivity index (χ0) is 32.2. The van der Waals surface area contributed by atoms with Crippen LogP contribution in [-0.4, -0.2) is 97.1 Å². The zero-order valence-corrected chi connectivity index (χ0v) is 29.5. The van der Waals surface area contributed by atoms with Crippen molar-refractivity contribution in [2.75, 3.05) is 64.5 Å². The summed E-state index contributed by atoms with van der Waals surface area (Å²) < 4.78 is 32.9. The maximum absolute atomic E-state index is 11.7. The Bertz CT molecular complexity index is 674. The molecule has 2 N–H and O–H groups in total. The predicted octanol–water partition coefficient (Wildman–Crippen LogP) is 4.41. The van der Waals surface area contributed by atoms with Gasteiger partial charge in [0.1, 0.15) is 13.4 Å². The van der Waals surface area contributed by atoms with E-state index in [1.165, 1.54) is 6.92 Å². The molecule has 0 rings (SSSR count). The second kappa shape index (κ2) is 28.5. The lowest BCUT2D eigenvalue weighted by atomic mass is 10.1. The van der Waals surface area contributed by atoms with Gasteiger partial charge >= 0.3 is 14.8 Å². The van der Waals surface area contributed by atoms with Gasteiger partial charge in [-0.25, -0.2) is 0 Å². The van der Waals surface area contributed by atoms with E-state index in [0.717, 1.165) is 36.8 Å². The molecule has 0 aromatic carbocycles. The Balaban J connectivity index is 0. The minimum atomic E-state index is -2.55. The van der Waals surface area contributed by atoms with Crippen LogP contribution >= 0.6 is 11.8 Å². The molecule has 0 bridgehead atoms. The maximum atomic E-state index is 11.7. The van der Waals surface area contributed by atoms with Crippen LogP contribution in [0.2, 0.25) is 6.04 Å².